The second kappa shape index (κ2) is 17.7. The first-order valence-electron chi connectivity index (χ1n) is 21.2. The molecule has 0 heterocycles. The van der Waals surface area contributed by atoms with E-state index < -0.39 is 11.0 Å². The van der Waals surface area contributed by atoms with Crippen LogP contribution in [0.4, 0.5) is 4.79 Å². The number of ketones is 1. The second-order valence-electron chi connectivity index (χ2n) is 19.1. The summed E-state index contributed by atoms with van der Waals surface area (Å²) >= 11 is 0. The molecule has 4 fully saturated rings. The average molecular weight is 744 g/mol. The standard InChI is InChI=1S/C42H67NO6.C2H6.CH4O/c1-11-13-27(12-2)24-48-37(47)43-42-21-16-29-28(36(42)35(26(3)4)30(45)22-42)14-15-32-40(29,9)19-17-31-39(7,8)33(18-20-41(31,32)10)49-34(46)23-38(5,6)25-44;2*1-2/h25-29,31-33H,11-24H2,1-10H3,(H,43,47);1-2H3;2H,1H3. The molecule has 304 valence electrons. The number of rotatable bonds is 11. The fraction of sp³-hybridized carbons (Fsp3) is 0.867. The van der Waals surface area contributed by atoms with Crippen LogP contribution in [-0.2, 0) is 23.9 Å². The number of carbonyl (C=O) groups is 4. The fourth-order valence-corrected chi connectivity index (χ4v) is 12.5. The Morgan fingerprint density at radius 2 is 1.58 bits per heavy atom. The summed E-state index contributed by atoms with van der Waals surface area (Å²) in [5, 5.41) is 10.3. The molecule has 0 aromatic rings. The van der Waals surface area contributed by atoms with Gasteiger partial charge in [0.2, 0.25) is 0 Å². The van der Waals surface area contributed by atoms with Crippen molar-refractivity contribution in [1.82, 2.24) is 5.32 Å². The van der Waals surface area contributed by atoms with Gasteiger partial charge in [0, 0.05) is 24.4 Å². The summed E-state index contributed by atoms with van der Waals surface area (Å²) in [5.74, 6) is 2.13. The zero-order valence-electron chi connectivity index (χ0n) is 35.9. The van der Waals surface area contributed by atoms with Gasteiger partial charge in [-0.1, -0.05) is 95.9 Å². The molecule has 1 amide bonds. The monoisotopic (exact) mass is 744 g/mol. The number of aliphatic hydroxyl groups excluding tert-OH is 1. The highest BCUT2D eigenvalue weighted by Gasteiger charge is 2.67. The largest absolute Gasteiger partial charge is 0.462 e. The van der Waals surface area contributed by atoms with E-state index in [1.807, 2.05) is 13.8 Å². The van der Waals surface area contributed by atoms with Gasteiger partial charge in [0.05, 0.1) is 18.6 Å². The molecule has 8 nitrogen and oxygen atoms in total. The number of ether oxygens (including phenoxy) is 2. The highest BCUT2D eigenvalue weighted by atomic mass is 16.6. The van der Waals surface area contributed by atoms with E-state index in [-0.39, 0.29) is 58.5 Å². The molecule has 2 N–H and O–H groups in total. The first-order valence-corrected chi connectivity index (χ1v) is 21.2. The number of hydrogen-bond donors (Lipinski definition) is 2. The van der Waals surface area contributed by atoms with Crippen molar-refractivity contribution in [2.24, 2.45) is 57.2 Å². The maximum absolute atomic E-state index is 13.8. The fourth-order valence-electron chi connectivity index (χ4n) is 12.5. The van der Waals surface area contributed by atoms with Gasteiger partial charge in [-0.3, -0.25) is 9.59 Å². The van der Waals surface area contributed by atoms with Crippen LogP contribution < -0.4 is 5.32 Å². The van der Waals surface area contributed by atoms with E-state index in [4.69, 9.17) is 14.6 Å². The van der Waals surface area contributed by atoms with E-state index in [0.29, 0.717) is 36.7 Å². The van der Waals surface area contributed by atoms with Gasteiger partial charge < -0.3 is 24.7 Å². The van der Waals surface area contributed by atoms with Gasteiger partial charge in [0.1, 0.15) is 12.4 Å². The van der Waals surface area contributed by atoms with E-state index in [1.54, 1.807) is 13.8 Å². The Hall–Kier alpha value is -2.22. The molecular formula is C45H77NO7. The minimum atomic E-state index is -0.718. The Labute approximate surface area is 322 Å². The quantitative estimate of drug-likeness (QED) is 0.160. The van der Waals surface area contributed by atoms with Crippen molar-refractivity contribution < 1.29 is 33.8 Å². The number of amides is 1. The van der Waals surface area contributed by atoms with Crippen LogP contribution in [0, 0.1) is 57.2 Å². The van der Waals surface area contributed by atoms with Gasteiger partial charge in [-0.05, 0) is 115 Å². The maximum atomic E-state index is 13.8. The number of aliphatic hydroxyl groups is 1. The number of aldehydes is 1. The number of esters is 1. The highest BCUT2D eigenvalue weighted by molar-refractivity contribution is 6.02. The first-order chi connectivity index (χ1) is 24.9. The van der Waals surface area contributed by atoms with Crippen molar-refractivity contribution in [3.05, 3.63) is 11.1 Å². The SMILES string of the molecule is CC.CCCC(CC)COC(=O)NC12CCC3C(CCC4C3(C)CCC3C(C)(C)C(OC(=O)CC(C)(C)C=O)CCC34C)C1=C(C(C)C)C(=O)C2.CO. The number of carbonyl (C=O) groups excluding carboxylic acids is 4. The Bertz CT molecular complexity index is 1330. The smallest absolute Gasteiger partial charge is 0.407 e. The van der Waals surface area contributed by atoms with Crippen LogP contribution in [0.5, 0.6) is 0 Å². The van der Waals surface area contributed by atoms with Crippen LogP contribution in [0.2, 0.25) is 0 Å². The predicted octanol–water partition coefficient (Wildman–Crippen LogP) is 10.0. The van der Waals surface area contributed by atoms with E-state index >= 15 is 0 Å². The number of allylic oxidation sites excluding steroid dienone is 1. The summed E-state index contributed by atoms with van der Waals surface area (Å²) in [6.45, 7) is 26.3. The lowest BCUT2D eigenvalue weighted by atomic mass is 9.37. The molecule has 5 rings (SSSR count). The average Bonchev–Trinajstić information content (AvgIpc) is 3.41. The molecule has 8 heteroatoms. The van der Waals surface area contributed by atoms with Gasteiger partial charge in [-0.15, -0.1) is 0 Å². The second-order valence-corrected chi connectivity index (χ2v) is 19.1. The lowest BCUT2D eigenvalue weighted by Crippen LogP contribution is -2.64. The Morgan fingerprint density at radius 3 is 2.17 bits per heavy atom. The van der Waals surface area contributed by atoms with E-state index in [1.165, 1.54) is 5.57 Å². The Balaban J connectivity index is 0.00000183. The summed E-state index contributed by atoms with van der Waals surface area (Å²) in [5.41, 5.74) is 0.940. The van der Waals surface area contributed by atoms with Crippen molar-refractivity contribution in [3.63, 3.8) is 0 Å². The molecule has 0 aromatic carbocycles. The predicted molar refractivity (Wildman–Crippen MR) is 212 cm³/mol. The van der Waals surface area contributed by atoms with Crippen LogP contribution >= 0.6 is 0 Å². The number of nitrogens with one attached hydrogen (secondary N) is 1. The first kappa shape index (κ1) is 45.2. The molecule has 9 atom stereocenters. The van der Waals surface area contributed by atoms with Crippen LogP contribution in [0.1, 0.15) is 167 Å². The van der Waals surface area contributed by atoms with E-state index in [0.717, 1.165) is 89.6 Å². The molecule has 5 aliphatic carbocycles. The van der Waals surface area contributed by atoms with Gasteiger partial charge in [0.25, 0.3) is 0 Å². The molecular weight excluding hydrogens is 666 g/mol. The van der Waals surface area contributed by atoms with Gasteiger partial charge >= 0.3 is 12.1 Å². The van der Waals surface area contributed by atoms with Gasteiger partial charge in [-0.2, -0.15) is 0 Å². The number of fused-ring (bicyclic) bond motifs is 7. The molecule has 0 aromatic heterocycles. The number of hydrogen-bond acceptors (Lipinski definition) is 7. The maximum Gasteiger partial charge on any atom is 0.407 e. The molecule has 0 bridgehead atoms. The lowest BCUT2D eigenvalue weighted by Gasteiger charge is -2.68. The van der Waals surface area contributed by atoms with Crippen LogP contribution in [0.3, 0.4) is 0 Å². The third kappa shape index (κ3) is 8.63. The molecule has 53 heavy (non-hydrogen) atoms. The van der Waals surface area contributed by atoms with Crippen LogP contribution in [0.25, 0.3) is 0 Å². The van der Waals surface area contributed by atoms with Crippen molar-refractivity contribution in [3.8, 4) is 0 Å². The molecule has 0 aliphatic heterocycles. The van der Waals surface area contributed by atoms with Crippen molar-refractivity contribution >= 4 is 24.1 Å². The zero-order valence-corrected chi connectivity index (χ0v) is 35.9. The third-order valence-electron chi connectivity index (χ3n) is 14.8. The van der Waals surface area contributed by atoms with Gasteiger partial charge in [0.15, 0.2) is 5.78 Å². The Morgan fingerprint density at radius 1 is 0.943 bits per heavy atom. The minimum Gasteiger partial charge on any atom is -0.462 e. The summed E-state index contributed by atoms with van der Waals surface area (Å²) in [4.78, 5) is 51.7. The zero-order chi connectivity index (χ0) is 40.2. The van der Waals surface area contributed by atoms with Crippen molar-refractivity contribution in [2.45, 2.75) is 178 Å². The van der Waals surface area contributed by atoms with Gasteiger partial charge in [-0.25, -0.2) is 4.79 Å². The van der Waals surface area contributed by atoms with Crippen molar-refractivity contribution in [2.75, 3.05) is 13.7 Å². The lowest BCUT2D eigenvalue weighted by molar-refractivity contribution is -0.213. The summed E-state index contributed by atoms with van der Waals surface area (Å²) < 4.78 is 12.0. The minimum absolute atomic E-state index is 0.109. The number of alkyl carbamates (subject to hydrolysis) is 1. The summed E-state index contributed by atoms with van der Waals surface area (Å²) in [6, 6.07) is 0. The van der Waals surface area contributed by atoms with Crippen LogP contribution in [-0.4, -0.2) is 54.6 Å². The molecule has 5 aliphatic rings. The Kier molecular flexibility index (Phi) is 15.1. The topological polar surface area (TPSA) is 119 Å². The molecule has 0 spiro atoms. The molecule has 4 saturated carbocycles. The summed E-state index contributed by atoms with van der Waals surface area (Å²) in [6.07, 6.45) is 11.9. The number of Topliss-reactive ketones (excluding diaryl/α,β-unsaturated/α-hetero) is 1. The van der Waals surface area contributed by atoms with E-state index in [9.17, 15) is 19.2 Å². The van der Waals surface area contributed by atoms with Crippen LogP contribution in [0.15, 0.2) is 11.1 Å². The third-order valence-corrected chi connectivity index (χ3v) is 14.8. The van der Waals surface area contributed by atoms with Crippen molar-refractivity contribution in [1.29, 1.82) is 0 Å². The normalized spacial score (nSPS) is 34.8. The molecule has 0 saturated heterocycles. The van der Waals surface area contributed by atoms with E-state index in [2.05, 4.69) is 60.7 Å². The summed E-state index contributed by atoms with van der Waals surface area (Å²) in [7, 11) is 1.00. The highest BCUT2D eigenvalue weighted by Crippen LogP contribution is 2.72. The molecule has 9 unspecified atom stereocenters. The molecule has 0 radical (unpaired) electrons.